The zero-order chi connectivity index (χ0) is 13.0. The lowest BCUT2D eigenvalue weighted by atomic mass is 10.1. The van der Waals surface area contributed by atoms with Gasteiger partial charge in [-0.25, -0.2) is 9.97 Å². The Morgan fingerprint density at radius 2 is 2.17 bits per heavy atom. The highest BCUT2D eigenvalue weighted by atomic mass is 15.1. The number of nitrogen functional groups attached to an aromatic ring is 1. The molecule has 1 aliphatic carbocycles. The normalized spacial score (nSPS) is 16.6. The lowest BCUT2D eigenvalue weighted by molar-refractivity contribution is 0.584. The van der Waals surface area contributed by atoms with E-state index in [9.17, 15) is 0 Å². The summed E-state index contributed by atoms with van der Waals surface area (Å²) < 4.78 is 0. The molecule has 4 nitrogen and oxygen atoms in total. The predicted octanol–water partition coefficient (Wildman–Crippen LogP) is 3.00. The maximum Gasteiger partial charge on any atom is 0.134 e. The molecule has 0 aromatic carbocycles. The van der Waals surface area contributed by atoms with Gasteiger partial charge in [-0.05, 0) is 25.2 Å². The highest BCUT2D eigenvalue weighted by Crippen LogP contribution is 2.35. The van der Waals surface area contributed by atoms with Crippen molar-refractivity contribution < 1.29 is 0 Å². The van der Waals surface area contributed by atoms with E-state index >= 15 is 0 Å². The van der Waals surface area contributed by atoms with E-state index in [2.05, 4.69) is 29.1 Å². The second kappa shape index (κ2) is 6.03. The summed E-state index contributed by atoms with van der Waals surface area (Å²) in [4.78, 5) is 8.46. The summed E-state index contributed by atoms with van der Waals surface area (Å²) in [6.07, 6.45) is 8.73. The fourth-order valence-electron chi connectivity index (χ4n) is 2.32. The smallest absolute Gasteiger partial charge is 0.134 e. The summed E-state index contributed by atoms with van der Waals surface area (Å²) >= 11 is 0. The number of nitrogens with two attached hydrogens (primary N) is 1. The van der Waals surface area contributed by atoms with Gasteiger partial charge in [-0.1, -0.05) is 33.1 Å². The molecular formula is C14H24N4. The van der Waals surface area contributed by atoms with Gasteiger partial charge in [0, 0.05) is 11.6 Å². The molecule has 1 fully saturated rings. The van der Waals surface area contributed by atoms with Crippen molar-refractivity contribution in [2.24, 2.45) is 5.92 Å². The fourth-order valence-corrected chi connectivity index (χ4v) is 2.32. The van der Waals surface area contributed by atoms with Crippen LogP contribution in [0.15, 0.2) is 6.33 Å². The maximum atomic E-state index is 5.95. The minimum Gasteiger partial charge on any atom is -0.383 e. The summed E-state index contributed by atoms with van der Waals surface area (Å²) in [7, 11) is 0. The molecular weight excluding hydrogens is 224 g/mol. The van der Waals surface area contributed by atoms with Crippen molar-refractivity contribution in [2.75, 3.05) is 11.1 Å². The number of rotatable bonds is 7. The molecule has 0 aliphatic heterocycles. The average molecular weight is 248 g/mol. The van der Waals surface area contributed by atoms with Gasteiger partial charge in [0.15, 0.2) is 0 Å². The average Bonchev–Trinajstić information content (AvgIpc) is 3.16. The molecule has 1 aromatic heterocycles. The third-order valence-corrected chi connectivity index (χ3v) is 3.63. The first kappa shape index (κ1) is 13.1. The van der Waals surface area contributed by atoms with Gasteiger partial charge in [-0.15, -0.1) is 0 Å². The van der Waals surface area contributed by atoms with Gasteiger partial charge in [0.25, 0.3) is 0 Å². The van der Waals surface area contributed by atoms with E-state index < -0.39 is 0 Å². The molecule has 1 saturated carbocycles. The van der Waals surface area contributed by atoms with Crippen LogP contribution in [-0.2, 0) is 6.42 Å². The zero-order valence-corrected chi connectivity index (χ0v) is 11.4. The molecule has 18 heavy (non-hydrogen) atoms. The minimum atomic E-state index is 0.516. The molecule has 1 heterocycles. The molecule has 1 aliphatic rings. The van der Waals surface area contributed by atoms with Crippen LogP contribution in [0.4, 0.5) is 11.6 Å². The van der Waals surface area contributed by atoms with Crippen LogP contribution < -0.4 is 11.1 Å². The third-order valence-electron chi connectivity index (χ3n) is 3.63. The Morgan fingerprint density at radius 1 is 1.39 bits per heavy atom. The molecule has 0 amide bonds. The van der Waals surface area contributed by atoms with E-state index in [0.717, 1.165) is 36.6 Å². The van der Waals surface area contributed by atoms with E-state index in [1.54, 1.807) is 6.33 Å². The Labute approximate surface area is 109 Å². The molecule has 1 unspecified atom stereocenters. The highest BCUT2D eigenvalue weighted by Gasteiger charge is 2.25. The molecule has 0 spiro atoms. The summed E-state index contributed by atoms with van der Waals surface area (Å²) in [6, 6.07) is 0.516. The Bertz CT molecular complexity index is 387. The van der Waals surface area contributed by atoms with Gasteiger partial charge in [0.05, 0.1) is 0 Å². The number of nitrogens with one attached hydrogen (secondary N) is 1. The van der Waals surface area contributed by atoms with Crippen LogP contribution >= 0.6 is 0 Å². The largest absolute Gasteiger partial charge is 0.383 e. The molecule has 4 heteroatoms. The number of aromatic nitrogens is 2. The Balaban J connectivity index is 2.07. The highest BCUT2D eigenvalue weighted by molar-refractivity contribution is 5.55. The first-order chi connectivity index (χ1) is 8.74. The first-order valence-electron chi connectivity index (χ1n) is 7.10. The molecule has 0 bridgehead atoms. The molecule has 0 saturated heterocycles. The van der Waals surface area contributed by atoms with Gasteiger partial charge < -0.3 is 11.1 Å². The van der Waals surface area contributed by atoms with Crippen LogP contribution in [0.2, 0.25) is 0 Å². The van der Waals surface area contributed by atoms with Crippen molar-refractivity contribution in [3.63, 3.8) is 0 Å². The summed E-state index contributed by atoms with van der Waals surface area (Å²) in [5.74, 6) is 2.49. The first-order valence-corrected chi connectivity index (χ1v) is 7.10. The molecule has 1 atom stereocenters. The van der Waals surface area contributed by atoms with Crippen LogP contribution in [0, 0.1) is 5.92 Å². The number of nitrogens with zero attached hydrogens (tertiary/aromatic N) is 2. The van der Waals surface area contributed by atoms with E-state index in [-0.39, 0.29) is 0 Å². The van der Waals surface area contributed by atoms with Crippen molar-refractivity contribution in [1.82, 2.24) is 9.97 Å². The zero-order valence-electron chi connectivity index (χ0n) is 11.4. The standard InChI is InChI=1S/C14H24N4/c1-3-5-12-13(15)16-9-17-14(12)18-11(4-2)8-10-6-7-10/h9-11H,3-8H2,1-2H3,(H3,15,16,17,18). The predicted molar refractivity (Wildman–Crippen MR) is 75.5 cm³/mol. The maximum absolute atomic E-state index is 5.95. The van der Waals surface area contributed by atoms with Crippen molar-refractivity contribution in [1.29, 1.82) is 0 Å². The topological polar surface area (TPSA) is 63.8 Å². The molecule has 100 valence electrons. The lowest BCUT2D eigenvalue weighted by Crippen LogP contribution is -2.21. The minimum absolute atomic E-state index is 0.516. The van der Waals surface area contributed by atoms with E-state index in [1.807, 2.05) is 0 Å². The molecule has 0 radical (unpaired) electrons. The summed E-state index contributed by atoms with van der Waals surface area (Å²) in [5.41, 5.74) is 7.03. The number of hydrogen-bond donors (Lipinski definition) is 2. The summed E-state index contributed by atoms with van der Waals surface area (Å²) in [6.45, 7) is 4.38. The van der Waals surface area contributed by atoms with Gasteiger partial charge >= 0.3 is 0 Å². The van der Waals surface area contributed by atoms with Gasteiger partial charge in [-0.2, -0.15) is 0 Å². The van der Waals surface area contributed by atoms with Gasteiger partial charge in [0.1, 0.15) is 18.0 Å². The van der Waals surface area contributed by atoms with E-state index in [0.29, 0.717) is 11.9 Å². The second-order valence-corrected chi connectivity index (χ2v) is 5.26. The van der Waals surface area contributed by atoms with Crippen LogP contribution in [-0.4, -0.2) is 16.0 Å². The lowest BCUT2D eigenvalue weighted by Gasteiger charge is -2.19. The van der Waals surface area contributed by atoms with Crippen molar-refractivity contribution in [2.45, 2.75) is 58.4 Å². The second-order valence-electron chi connectivity index (χ2n) is 5.26. The monoisotopic (exact) mass is 248 g/mol. The molecule has 1 aromatic rings. The van der Waals surface area contributed by atoms with Gasteiger partial charge in [0.2, 0.25) is 0 Å². The third kappa shape index (κ3) is 3.34. The Morgan fingerprint density at radius 3 is 2.78 bits per heavy atom. The van der Waals surface area contributed by atoms with Gasteiger partial charge in [-0.3, -0.25) is 0 Å². The van der Waals surface area contributed by atoms with Crippen molar-refractivity contribution >= 4 is 11.6 Å². The summed E-state index contributed by atoms with van der Waals surface area (Å²) in [5, 5.41) is 3.56. The van der Waals surface area contributed by atoms with Crippen molar-refractivity contribution in [3.8, 4) is 0 Å². The number of anilines is 2. The SMILES string of the molecule is CCCc1c(N)ncnc1NC(CC)CC1CC1. The van der Waals surface area contributed by atoms with E-state index in [1.165, 1.54) is 19.3 Å². The Kier molecular flexibility index (Phi) is 4.39. The Hall–Kier alpha value is -1.32. The van der Waals surface area contributed by atoms with Crippen LogP contribution in [0.3, 0.4) is 0 Å². The van der Waals surface area contributed by atoms with Crippen molar-refractivity contribution in [3.05, 3.63) is 11.9 Å². The van der Waals surface area contributed by atoms with Crippen LogP contribution in [0.1, 0.15) is 51.5 Å². The molecule has 2 rings (SSSR count). The fraction of sp³-hybridized carbons (Fsp3) is 0.714. The quantitative estimate of drug-likeness (QED) is 0.778. The number of hydrogen-bond acceptors (Lipinski definition) is 4. The molecule has 3 N–H and O–H groups in total. The van der Waals surface area contributed by atoms with Crippen LogP contribution in [0.25, 0.3) is 0 Å². The van der Waals surface area contributed by atoms with E-state index in [4.69, 9.17) is 5.73 Å². The van der Waals surface area contributed by atoms with Crippen LogP contribution in [0.5, 0.6) is 0 Å².